The van der Waals surface area contributed by atoms with Gasteiger partial charge in [-0.15, -0.1) is 0 Å². The molecule has 170 valence electrons. The number of benzene rings is 2. The van der Waals surface area contributed by atoms with Crippen molar-refractivity contribution >= 4 is 23.2 Å². The number of hydrogen-bond acceptors (Lipinski definition) is 2. The highest BCUT2D eigenvalue weighted by Gasteiger charge is 2.43. The molecular formula is C28H35ClN2O. The normalized spacial score (nSPS) is 20.6. The van der Waals surface area contributed by atoms with Gasteiger partial charge in [-0.2, -0.15) is 0 Å². The van der Waals surface area contributed by atoms with Crippen LogP contribution in [0.15, 0.2) is 66.3 Å². The van der Waals surface area contributed by atoms with Crippen LogP contribution in [0.25, 0.3) is 0 Å². The van der Waals surface area contributed by atoms with Crippen molar-refractivity contribution in [2.75, 3.05) is 0 Å². The summed E-state index contributed by atoms with van der Waals surface area (Å²) in [7, 11) is 0. The Kier molecular flexibility index (Phi) is 7.95. The third-order valence-corrected chi connectivity index (χ3v) is 7.30. The van der Waals surface area contributed by atoms with Gasteiger partial charge in [-0.05, 0) is 56.4 Å². The predicted octanol–water partition coefficient (Wildman–Crippen LogP) is 7.17. The van der Waals surface area contributed by atoms with E-state index in [4.69, 9.17) is 11.6 Å². The van der Waals surface area contributed by atoms with Crippen LogP contribution in [-0.4, -0.2) is 28.6 Å². The number of nitrogens with zero attached hydrogens (tertiary/aromatic N) is 2. The largest absolute Gasteiger partial charge is 0.337 e. The summed E-state index contributed by atoms with van der Waals surface area (Å²) < 4.78 is 0. The first-order valence-corrected chi connectivity index (χ1v) is 12.1. The van der Waals surface area contributed by atoms with Crippen LogP contribution < -0.4 is 0 Å². The molecule has 3 unspecified atom stereocenters. The molecule has 2 aromatic rings. The Morgan fingerprint density at radius 2 is 1.75 bits per heavy atom. The van der Waals surface area contributed by atoms with Gasteiger partial charge in [-0.3, -0.25) is 9.79 Å². The van der Waals surface area contributed by atoms with Crippen molar-refractivity contribution in [2.45, 2.75) is 77.3 Å². The molecular weight excluding hydrogens is 416 g/mol. The van der Waals surface area contributed by atoms with Crippen molar-refractivity contribution in [1.29, 1.82) is 0 Å². The van der Waals surface area contributed by atoms with Gasteiger partial charge in [0.05, 0.1) is 0 Å². The third-order valence-electron chi connectivity index (χ3n) is 7.05. The molecule has 3 atom stereocenters. The fourth-order valence-electron chi connectivity index (χ4n) is 5.02. The molecule has 3 rings (SSSR count). The monoisotopic (exact) mass is 450 g/mol. The van der Waals surface area contributed by atoms with Crippen molar-refractivity contribution in [3.8, 4) is 0 Å². The van der Waals surface area contributed by atoms with Gasteiger partial charge in [0.2, 0.25) is 5.91 Å². The van der Waals surface area contributed by atoms with Gasteiger partial charge < -0.3 is 4.90 Å². The van der Waals surface area contributed by atoms with Gasteiger partial charge in [0.15, 0.2) is 0 Å². The van der Waals surface area contributed by atoms with E-state index in [0.29, 0.717) is 11.4 Å². The summed E-state index contributed by atoms with van der Waals surface area (Å²) in [6.07, 6.45) is 5.49. The zero-order valence-corrected chi connectivity index (χ0v) is 20.5. The minimum Gasteiger partial charge on any atom is -0.337 e. The van der Waals surface area contributed by atoms with Gasteiger partial charge in [0.25, 0.3) is 0 Å². The summed E-state index contributed by atoms with van der Waals surface area (Å²) >= 11 is 6.22. The quantitative estimate of drug-likeness (QED) is 0.398. The Hall–Kier alpha value is -2.39. The number of aliphatic imine (C=N–C) groups is 1. The Morgan fingerprint density at radius 1 is 1.12 bits per heavy atom. The van der Waals surface area contributed by atoms with E-state index < -0.39 is 0 Å². The van der Waals surface area contributed by atoms with Crippen LogP contribution in [0.3, 0.4) is 0 Å². The van der Waals surface area contributed by atoms with Crippen molar-refractivity contribution in [3.05, 3.63) is 83.0 Å². The summed E-state index contributed by atoms with van der Waals surface area (Å²) in [5, 5.41) is 0.714. The lowest BCUT2D eigenvalue weighted by molar-refractivity contribution is -0.136. The van der Waals surface area contributed by atoms with Crippen molar-refractivity contribution in [1.82, 2.24) is 4.90 Å². The van der Waals surface area contributed by atoms with E-state index in [1.54, 1.807) is 6.20 Å². The number of hydrogen-bond donors (Lipinski definition) is 0. The number of rotatable bonds is 9. The summed E-state index contributed by atoms with van der Waals surface area (Å²) in [5.41, 5.74) is 4.27. The maximum absolute atomic E-state index is 13.5. The smallest absolute Gasteiger partial charge is 0.223 e. The van der Waals surface area contributed by atoms with E-state index in [1.807, 2.05) is 18.2 Å². The highest BCUT2D eigenvalue weighted by molar-refractivity contribution is 6.30. The van der Waals surface area contributed by atoms with E-state index in [1.165, 1.54) is 11.1 Å². The van der Waals surface area contributed by atoms with E-state index in [-0.39, 0.29) is 23.4 Å². The summed E-state index contributed by atoms with van der Waals surface area (Å²) in [5.74, 6) is 0.230. The minimum absolute atomic E-state index is 0.230. The lowest BCUT2D eigenvalue weighted by Crippen LogP contribution is -2.44. The van der Waals surface area contributed by atoms with Crippen molar-refractivity contribution < 1.29 is 4.79 Å². The average molecular weight is 451 g/mol. The highest BCUT2D eigenvalue weighted by Crippen LogP contribution is 2.48. The summed E-state index contributed by atoms with van der Waals surface area (Å²) in [6.45, 7) is 12.4. The molecule has 0 radical (unpaired) electrons. The zero-order valence-electron chi connectivity index (χ0n) is 19.8. The van der Waals surface area contributed by atoms with Crippen LogP contribution in [0.1, 0.15) is 76.5 Å². The molecule has 3 nitrogen and oxygen atoms in total. The van der Waals surface area contributed by atoms with Gasteiger partial charge >= 0.3 is 0 Å². The molecule has 2 aromatic carbocycles. The second-order valence-electron chi connectivity index (χ2n) is 8.89. The molecule has 0 saturated carbocycles. The summed E-state index contributed by atoms with van der Waals surface area (Å²) in [4.78, 5) is 20.2. The molecule has 0 saturated heterocycles. The van der Waals surface area contributed by atoms with Crippen molar-refractivity contribution in [3.63, 3.8) is 0 Å². The molecule has 0 bridgehead atoms. The van der Waals surface area contributed by atoms with Crippen LogP contribution in [0.2, 0.25) is 5.02 Å². The van der Waals surface area contributed by atoms with Crippen LogP contribution >= 0.6 is 11.6 Å². The van der Waals surface area contributed by atoms with Crippen molar-refractivity contribution in [2.24, 2.45) is 4.99 Å². The first-order chi connectivity index (χ1) is 15.4. The van der Waals surface area contributed by atoms with E-state index in [9.17, 15) is 4.79 Å². The SMILES string of the molecule is C=C/N=C1\CC(CCC(=O)N(C(C)CC)C(C)CC)(c2ccc(Cl)cc2)c2ccccc21. The predicted molar refractivity (Wildman–Crippen MR) is 136 cm³/mol. The molecule has 1 aliphatic rings. The first kappa shape index (κ1) is 24.3. The molecule has 0 aromatic heterocycles. The molecule has 1 aliphatic carbocycles. The lowest BCUT2D eigenvalue weighted by Gasteiger charge is -2.36. The van der Waals surface area contributed by atoms with E-state index in [2.05, 4.69) is 74.5 Å². The Bertz CT molecular complexity index is 971. The Balaban J connectivity index is 2.03. The fourth-order valence-corrected chi connectivity index (χ4v) is 5.14. The second kappa shape index (κ2) is 10.5. The molecule has 0 aliphatic heterocycles. The van der Waals surface area contributed by atoms with E-state index >= 15 is 0 Å². The number of carbonyl (C=O) groups is 1. The zero-order chi connectivity index (χ0) is 23.3. The molecule has 0 spiro atoms. The number of halogens is 1. The Morgan fingerprint density at radius 3 is 2.34 bits per heavy atom. The summed E-state index contributed by atoms with van der Waals surface area (Å²) in [6, 6.07) is 17.0. The fraction of sp³-hybridized carbons (Fsp3) is 0.429. The Labute approximate surface area is 198 Å². The number of fused-ring (bicyclic) bond motifs is 1. The van der Waals surface area contributed by atoms with E-state index in [0.717, 1.165) is 37.0 Å². The van der Waals surface area contributed by atoms with Gasteiger partial charge in [-0.1, -0.05) is 68.4 Å². The van der Waals surface area contributed by atoms with Gasteiger partial charge in [-0.25, -0.2) is 0 Å². The highest BCUT2D eigenvalue weighted by atomic mass is 35.5. The molecule has 0 heterocycles. The number of amides is 1. The van der Waals surface area contributed by atoms with Gasteiger partial charge in [0, 0.05) is 52.8 Å². The number of carbonyl (C=O) groups excluding carboxylic acids is 1. The molecule has 0 fully saturated rings. The third kappa shape index (κ3) is 4.68. The molecule has 0 N–H and O–H groups in total. The van der Waals surface area contributed by atoms with Gasteiger partial charge in [0.1, 0.15) is 0 Å². The molecule has 32 heavy (non-hydrogen) atoms. The topological polar surface area (TPSA) is 32.7 Å². The lowest BCUT2D eigenvalue weighted by atomic mass is 9.72. The standard InChI is InChI=1S/C28H35ClN2O/c1-6-20(4)31(21(5)7-2)27(32)17-18-28(22-13-15-23(29)16-14-22)19-26(30-8-3)24-11-9-10-12-25(24)28/h8-16,20-21H,3,6-7,17-19H2,1-2,4-5H3/b30-26+. The maximum Gasteiger partial charge on any atom is 0.223 e. The molecule has 1 amide bonds. The van der Waals surface area contributed by atoms with Crippen LogP contribution in [-0.2, 0) is 10.2 Å². The van der Waals surface area contributed by atoms with Crippen LogP contribution in [0, 0.1) is 0 Å². The average Bonchev–Trinajstić information content (AvgIpc) is 3.13. The first-order valence-electron chi connectivity index (χ1n) is 11.7. The molecule has 4 heteroatoms. The van der Waals surface area contributed by atoms with Crippen LogP contribution in [0.5, 0.6) is 0 Å². The minimum atomic E-state index is -0.310. The van der Waals surface area contributed by atoms with Crippen LogP contribution in [0.4, 0.5) is 0 Å². The second-order valence-corrected chi connectivity index (χ2v) is 9.32. The maximum atomic E-state index is 13.5.